The van der Waals surface area contributed by atoms with Crippen LogP contribution in [0.2, 0.25) is 4.47 Å². The molecule has 0 fully saturated rings. The third-order valence-corrected chi connectivity index (χ3v) is 5.59. The normalized spacial score (nSPS) is 11.4. The van der Waals surface area contributed by atoms with Gasteiger partial charge in [0.25, 0.3) is 0 Å². The van der Waals surface area contributed by atoms with Crippen LogP contribution in [0.25, 0.3) is 11.1 Å². The van der Waals surface area contributed by atoms with Crippen LogP contribution in [0.3, 0.4) is 0 Å². The number of ether oxygens (including phenoxy) is 1. The summed E-state index contributed by atoms with van der Waals surface area (Å²) in [6.45, 7) is 0.273. The van der Waals surface area contributed by atoms with Gasteiger partial charge in [0.15, 0.2) is 10.2 Å². The first-order valence-electron chi connectivity index (χ1n) is 9.27. The summed E-state index contributed by atoms with van der Waals surface area (Å²) >= 11 is 7.08. The van der Waals surface area contributed by atoms with E-state index in [4.69, 9.17) is 16.3 Å². The van der Waals surface area contributed by atoms with Gasteiger partial charge in [-0.25, -0.2) is 4.98 Å². The fourth-order valence-electron chi connectivity index (χ4n) is 2.95. The third-order valence-electron chi connectivity index (χ3n) is 4.47. The van der Waals surface area contributed by atoms with Gasteiger partial charge in [-0.2, -0.15) is 13.2 Å². The summed E-state index contributed by atoms with van der Waals surface area (Å²) < 4.78 is 45.9. The highest BCUT2D eigenvalue weighted by Gasteiger charge is 2.31. The highest BCUT2D eigenvalue weighted by atomic mass is 35.5. The van der Waals surface area contributed by atoms with Crippen LogP contribution in [0.5, 0.6) is 11.5 Å². The van der Waals surface area contributed by atoms with Crippen molar-refractivity contribution in [2.45, 2.75) is 12.7 Å². The molecule has 31 heavy (non-hydrogen) atoms. The van der Waals surface area contributed by atoms with E-state index in [-0.39, 0.29) is 18.0 Å². The third kappa shape index (κ3) is 5.37. The topological polar surface area (TPSA) is 34.1 Å². The molecule has 4 aromatic rings. The zero-order valence-corrected chi connectivity index (χ0v) is 17.6. The van der Waals surface area contributed by atoms with Crippen LogP contribution >= 0.6 is 22.9 Å². The van der Waals surface area contributed by atoms with Gasteiger partial charge in [-0.15, -0.1) is 11.3 Å². The number of alkyl halides is 3. The first-order valence-corrected chi connectivity index (χ1v) is 10.5. The monoisotopic (exact) mass is 460 g/mol. The van der Waals surface area contributed by atoms with E-state index in [0.717, 1.165) is 28.1 Å². The Hall–Kier alpha value is -3.03. The van der Waals surface area contributed by atoms with Crippen molar-refractivity contribution >= 4 is 28.6 Å². The summed E-state index contributed by atoms with van der Waals surface area (Å²) in [7, 11) is 0. The zero-order chi connectivity index (χ0) is 21.8. The molecule has 4 rings (SSSR count). The Morgan fingerprint density at radius 2 is 1.65 bits per heavy atom. The van der Waals surface area contributed by atoms with Crippen LogP contribution in [0.4, 0.5) is 18.9 Å². The van der Waals surface area contributed by atoms with E-state index < -0.39 is 11.7 Å². The molecule has 3 aromatic carbocycles. The van der Waals surface area contributed by atoms with Crippen molar-refractivity contribution in [1.29, 1.82) is 0 Å². The maximum absolute atomic E-state index is 13.2. The molecular weight excluding hydrogens is 445 g/mol. The standard InChI is InChI=1S/C23H16ClF3N2OS/c24-22-29-14-19(31-22)13-28-20-12-17(23(25,26)27)8-11-21(20)30-18-9-6-16(7-10-18)15-4-2-1-3-5-15/h1-12,14,28H,13H2. The fraction of sp³-hybridized carbons (Fsp3) is 0.0870. The van der Waals surface area contributed by atoms with Gasteiger partial charge in [-0.3, -0.25) is 0 Å². The smallest absolute Gasteiger partial charge is 0.416 e. The van der Waals surface area contributed by atoms with Crippen LogP contribution in [-0.4, -0.2) is 4.98 Å². The van der Waals surface area contributed by atoms with Crippen LogP contribution in [0.1, 0.15) is 10.4 Å². The van der Waals surface area contributed by atoms with Gasteiger partial charge in [0.2, 0.25) is 0 Å². The Kier molecular flexibility index (Phi) is 6.15. The van der Waals surface area contributed by atoms with E-state index in [1.807, 2.05) is 42.5 Å². The van der Waals surface area contributed by atoms with E-state index in [0.29, 0.717) is 10.2 Å². The molecule has 0 saturated heterocycles. The molecule has 0 aliphatic heterocycles. The van der Waals surface area contributed by atoms with E-state index in [1.165, 1.54) is 17.4 Å². The van der Waals surface area contributed by atoms with Crippen molar-refractivity contribution in [2.75, 3.05) is 5.32 Å². The highest BCUT2D eigenvalue weighted by molar-refractivity contribution is 7.15. The molecule has 1 N–H and O–H groups in total. The van der Waals surface area contributed by atoms with Gasteiger partial charge in [-0.1, -0.05) is 54.1 Å². The largest absolute Gasteiger partial charge is 0.455 e. The number of thiazole rings is 1. The van der Waals surface area contributed by atoms with Gasteiger partial charge >= 0.3 is 6.18 Å². The lowest BCUT2D eigenvalue weighted by Crippen LogP contribution is -2.07. The molecule has 0 radical (unpaired) electrons. The number of halogens is 4. The number of nitrogens with zero attached hydrogens (tertiary/aromatic N) is 1. The van der Waals surface area contributed by atoms with Crippen molar-refractivity contribution in [3.8, 4) is 22.6 Å². The molecule has 1 heterocycles. The lowest BCUT2D eigenvalue weighted by Gasteiger charge is -2.16. The summed E-state index contributed by atoms with van der Waals surface area (Å²) in [5, 5.41) is 3.00. The molecule has 0 bridgehead atoms. The predicted molar refractivity (Wildman–Crippen MR) is 118 cm³/mol. The first-order chi connectivity index (χ1) is 14.9. The number of benzene rings is 3. The maximum atomic E-state index is 13.2. The number of aromatic nitrogens is 1. The van der Waals surface area contributed by atoms with Gasteiger partial charge in [0.05, 0.1) is 17.8 Å². The average molecular weight is 461 g/mol. The van der Waals surface area contributed by atoms with Crippen molar-refractivity contribution in [2.24, 2.45) is 0 Å². The van der Waals surface area contributed by atoms with Crippen LogP contribution in [0.15, 0.2) is 79.0 Å². The van der Waals surface area contributed by atoms with Crippen LogP contribution in [-0.2, 0) is 12.7 Å². The number of hydrogen-bond acceptors (Lipinski definition) is 4. The summed E-state index contributed by atoms with van der Waals surface area (Å²) in [6.07, 6.45) is -2.88. The molecule has 158 valence electrons. The minimum atomic E-state index is -4.46. The summed E-state index contributed by atoms with van der Waals surface area (Å²) in [4.78, 5) is 4.73. The van der Waals surface area contributed by atoms with Crippen LogP contribution in [0, 0.1) is 0 Å². The Labute approximate surface area is 186 Å². The molecule has 0 spiro atoms. The maximum Gasteiger partial charge on any atom is 0.416 e. The number of nitrogens with one attached hydrogen (secondary N) is 1. The molecule has 0 atom stereocenters. The minimum absolute atomic E-state index is 0.228. The molecule has 0 amide bonds. The predicted octanol–water partition coefficient (Wildman–Crippen LogP) is 7.89. The van der Waals surface area contributed by atoms with Crippen molar-refractivity contribution in [3.63, 3.8) is 0 Å². The quantitative estimate of drug-likeness (QED) is 0.317. The first kappa shape index (κ1) is 21.2. The van der Waals surface area contributed by atoms with Crippen molar-refractivity contribution in [3.05, 3.63) is 93.9 Å². The summed E-state index contributed by atoms with van der Waals surface area (Å²) in [6, 6.07) is 20.6. The highest BCUT2D eigenvalue weighted by Crippen LogP contribution is 2.37. The molecule has 0 aliphatic carbocycles. The summed E-state index contributed by atoms with van der Waals surface area (Å²) in [5.41, 5.74) is 1.55. The number of rotatable bonds is 6. The lowest BCUT2D eigenvalue weighted by molar-refractivity contribution is -0.137. The Morgan fingerprint density at radius 3 is 2.29 bits per heavy atom. The minimum Gasteiger partial charge on any atom is -0.455 e. The van der Waals surface area contributed by atoms with Gasteiger partial charge < -0.3 is 10.1 Å². The average Bonchev–Trinajstić information content (AvgIpc) is 3.18. The lowest BCUT2D eigenvalue weighted by atomic mass is 10.1. The fourth-order valence-corrected chi connectivity index (χ4v) is 3.87. The number of anilines is 1. The molecule has 0 unspecified atom stereocenters. The number of hydrogen-bond donors (Lipinski definition) is 1. The van der Waals surface area contributed by atoms with E-state index in [9.17, 15) is 13.2 Å². The zero-order valence-electron chi connectivity index (χ0n) is 16.0. The van der Waals surface area contributed by atoms with E-state index in [2.05, 4.69) is 10.3 Å². The molecule has 3 nitrogen and oxygen atoms in total. The van der Waals surface area contributed by atoms with Crippen LogP contribution < -0.4 is 10.1 Å². The molecule has 0 saturated carbocycles. The molecule has 0 aliphatic rings. The van der Waals surface area contributed by atoms with Gasteiger partial charge in [0, 0.05) is 11.1 Å². The van der Waals surface area contributed by atoms with E-state index >= 15 is 0 Å². The van der Waals surface area contributed by atoms with Gasteiger partial charge in [-0.05, 0) is 41.5 Å². The van der Waals surface area contributed by atoms with Crippen molar-refractivity contribution < 1.29 is 17.9 Å². The second kappa shape index (κ2) is 8.99. The SMILES string of the molecule is FC(F)(F)c1ccc(Oc2ccc(-c3ccccc3)cc2)c(NCc2cnc(Cl)s2)c1. The Morgan fingerprint density at radius 1 is 0.935 bits per heavy atom. The van der Waals surface area contributed by atoms with E-state index in [1.54, 1.807) is 18.3 Å². The van der Waals surface area contributed by atoms with Gasteiger partial charge in [0.1, 0.15) is 5.75 Å². The molecule has 8 heteroatoms. The second-order valence-corrected chi connectivity index (χ2v) is 8.33. The second-order valence-electron chi connectivity index (χ2n) is 6.63. The van der Waals surface area contributed by atoms with Crippen molar-refractivity contribution in [1.82, 2.24) is 4.98 Å². The molecular formula is C23H16ClF3N2OS. The Bertz CT molecular complexity index is 1160. The molecule has 1 aromatic heterocycles. The summed E-state index contributed by atoms with van der Waals surface area (Å²) in [5.74, 6) is 0.805. The Balaban J connectivity index is 1.57.